The molecule has 0 atom stereocenters. The highest BCUT2D eigenvalue weighted by molar-refractivity contribution is 7.08. The molecule has 1 aromatic carbocycles. The van der Waals surface area contributed by atoms with E-state index in [-0.39, 0.29) is 12.5 Å². The quantitative estimate of drug-likeness (QED) is 0.667. The van der Waals surface area contributed by atoms with Crippen molar-refractivity contribution in [2.45, 2.75) is 34.3 Å². The molecule has 2 rings (SSSR count). The van der Waals surface area contributed by atoms with Gasteiger partial charge in [-0.05, 0) is 37.0 Å². The summed E-state index contributed by atoms with van der Waals surface area (Å²) in [5.41, 5.74) is 2.85. The van der Waals surface area contributed by atoms with Crippen LogP contribution in [0.3, 0.4) is 0 Å². The predicted molar refractivity (Wildman–Crippen MR) is 82.5 cm³/mol. The summed E-state index contributed by atoms with van der Waals surface area (Å²) in [4.78, 5) is 16.7. The van der Waals surface area contributed by atoms with Crippen molar-refractivity contribution in [3.8, 4) is 0 Å². The maximum absolute atomic E-state index is 12.1. The van der Waals surface area contributed by atoms with Crippen LogP contribution in [0.2, 0.25) is 0 Å². The monoisotopic (exact) mass is 309 g/mol. The highest BCUT2D eigenvalue weighted by atomic mass is 32.1. The van der Waals surface area contributed by atoms with Crippen LogP contribution in [0.4, 0.5) is 5.69 Å². The number of hydrogen-bond donors (Lipinski definition) is 2. The number of carbonyl (C=O) groups excluding carboxylic acids is 1. The summed E-state index contributed by atoms with van der Waals surface area (Å²) in [7, 11) is 0. The second-order valence-electron chi connectivity index (χ2n) is 4.02. The van der Waals surface area contributed by atoms with Gasteiger partial charge < -0.3 is 5.32 Å². The van der Waals surface area contributed by atoms with Crippen LogP contribution in [0.5, 0.6) is 0 Å². The van der Waals surface area contributed by atoms with Crippen molar-refractivity contribution in [2.75, 3.05) is 5.32 Å². The van der Waals surface area contributed by atoms with E-state index < -0.39 is 0 Å². The Balaban J connectivity index is 0.00000106. The third kappa shape index (κ3) is 4.32. The van der Waals surface area contributed by atoms with E-state index >= 15 is 0 Å². The van der Waals surface area contributed by atoms with Crippen LogP contribution in [0.25, 0.3) is 0 Å². The number of aryl methyl sites for hydroxylation is 2. The molecule has 7 heteroatoms. The Hall–Kier alpha value is -1.83. The first-order valence-corrected chi connectivity index (χ1v) is 7.36. The largest absolute Gasteiger partial charge is 0.321 e. The van der Waals surface area contributed by atoms with Gasteiger partial charge in [-0.1, -0.05) is 30.5 Å². The van der Waals surface area contributed by atoms with Crippen molar-refractivity contribution >= 4 is 23.1 Å². The third-order valence-corrected chi connectivity index (χ3v) is 3.55. The van der Waals surface area contributed by atoms with Crippen molar-refractivity contribution in [1.29, 1.82) is 0 Å². The van der Waals surface area contributed by atoms with Crippen LogP contribution < -0.4 is 5.32 Å². The zero-order chi connectivity index (χ0) is 15.8. The number of nitrogens with zero attached hydrogens (tertiary/aromatic N) is 2. The SMILES string of the molecule is CC.Cc1cccc(NC(=O)c2snnc2C)c1COO. The molecule has 0 saturated carbocycles. The first kappa shape index (κ1) is 17.2. The van der Waals surface area contributed by atoms with E-state index in [4.69, 9.17) is 5.26 Å². The highest BCUT2D eigenvalue weighted by Crippen LogP contribution is 2.22. The fraction of sp³-hybridized carbons (Fsp3) is 0.357. The molecule has 1 aromatic heterocycles. The normalized spacial score (nSPS) is 9.76. The standard InChI is InChI=1S/C12H13N3O3S.C2H6/c1-7-4-3-5-10(9(7)6-18-17)13-12(16)11-8(2)14-15-19-11;1-2/h3-5,17H,6H2,1-2H3,(H,13,16);1-2H3. The molecular formula is C14H19N3O3S. The van der Waals surface area contributed by atoms with E-state index in [1.807, 2.05) is 32.9 Å². The Kier molecular flexibility index (Phi) is 6.93. The van der Waals surface area contributed by atoms with E-state index in [2.05, 4.69) is 19.8 Å². The van der Waals surface area contributed by atoms with Gasteiger partial charge in [-0.25, -0.2) is 4.89 Å². The molecule has 0 saturated heterocycles. The fourth-order valence-electron chi connectivity index (χ4n) is 1.69. The molecule has 2 aromatic rings. The minimum Gasteiger partial charge on any atom is -0.321 e. The molecule has 0 radical (unpaired) electrons. The van der Waals surface area contributed by atoms with Gasteiger partial charge in [-0.2, -0.15) is 0 Å². The number of nitrogens with one attached hydrogen (secondary N) is 1. The van der Waals surface area contributed by atoms with E-state index in [9.17, 15) is 4.79 Å². The van der Waals surface area contributed by atoms with Gasteiger partial charge in [-0.15, -0.1) is 5.10 Å². The first-order chi connectivity index (χ1) is 10.1. The lowest BCUT2D eigenvalue weighted by Gasteiger charge is -2.11. The molecule has 2 N–H and O–H groups in total. The van der Waals surface area contributed by atoms with Crippen LogP contribution in [0.1, 0.15) is 40.3 Å². The minimum absolute atomic E-state index is 0.0161. The summed E-state index contributed by atoms with van der Waals surface area (Å²) in [6.07, 6.45) is 0. The average molecular weight is 309 g/mol. The van der Waals surface area contributed by atoms with Crippen LogP contribution in [-0.4, -0.2) is 20.8 Å². The Morgan fingerprint density at radius 1 is 1.38 bits per heavy atom. The molecule has 1 amide bonds. The summed E-state index contributed by atoms with van der Waals surface area (Å²) >= 11 is 1.05. The molecule has 114 valence electrons. The van der Waals surface area contributed by atoms with E-state index in [1.165, 1.54) is 0 Å². The number of anilines is 1. The van der Waals surface area contributed by atoms with E-state index in [0.717, 1.165) is 22.7 Å². The molecule has 21 heavy (non-hydrogen) atoms. The molecular weight excluding hydrogens is 290 g/mol. The van der Waals surface area contributed by atoms with Gasteiger partial charge in [0.15, 0.2) is 0 Å². The van der Waals surface area contributed by atoms with Gasteiger partial charge in [0, 0.05) is 11.3 Å². The fourth-order valence-corrected chi connectivity index (χ4v) is 2.25. The number of rotatable bonds is 4. The molecule has 0 aliphatic heterocycles. The van der Waals surface area contributed by atoms with Crippen molar-refractivity contribution in [2.24, 2.45) is 0 Å². The smallest absolute Gasteiger partial charge is 0.269 e. The van der Waals surface area contributed by atoms with E-state index in [1.54, 1.807) is 13.0 Å². The lowest BCUT2D eigenvalue weighted by Crippen LogP contribution is -2.13. The van der Waals surface area contributed by atoms with Gasteiger partial charge in [-0.3, -0.25) is 10.1 Å². The average Bonchev–Trinajstić information content (AvgIpc) is 2.91. The molecule has 0 fully saturated rings. The highest BCUT2D eigenvalue weighted by Gasteiger charge is 2.15. The molecule has 0 spiro atoms. The Morgan fingerprint density at radius 2 is 2.10 bits per heavy atom. The summed E-state index contributed by atoms with van der Waals surface area (Å²) in [5, 5.41) is 15.2. The van der Waals surface area contributed by atoms with Gasteiger partial charge in [0.25, 0.3) is 5.91 Å². The second kappa shape index (κ2) is 8.46. The predicted octanol–water partition coefficient (Wildman–Crippen LogP) is 3.42. The summed E-state index contributed by atoms with van der Waals surface area (Å²) < 4.78 is 3.73. The molecule has 1 heterocycles. The van der Waals surface area contributed by atoms with Crippen molar-refractivity contribution in [3.63, 3.8) is 0 Å². The number of amides is 1. The summed E-state index contributed by atoms with van der Waals surface area (Å²) in [5.74, 6) is -0.266. The molecule has 0 unspecified atom stereocenters. The van der Waals surface area contributed by atoms with Crippen molar-refractivity contribution in [1.82, 2.24) is 9.59 Å². The number of benzene rings is 1. The van der Waals surface area contributed by atoms with Crippen LogP contribution in [0.15, 0.2) is 18.2 Å². The van der Waals surface area contributed by atoms with Crippen molar-refractivity contribution in [3.05, 3.63) is 39.9 Å². The Labute approximate surface area is 127 Å². The van der Waals surface area contributed by atoms with Crippen LogP contribution in [-0.2, 0) is 11.5 Å². The summed E-state index contributed by atoms with van der Waals surface area (Å²) in [6, 6.07) is 5.45. The molecule has 6 nitrogen and oxygen atoms in total. The molecule has 0 aliphatic carbocycles. The van der Waals surface area contributed by atoms with E-state index in [0.29, 0.717) is 16.3 Å². The maximum Gasteiger partial charge on any atom is 0.269 e. The lowest BCUT2D eigenvalue weighted by molar-refractivity contribution is -0.252. The minimum atomic E-state index is -0.266. The number of carbonyl (C=O) groups is 1. The second-order valence-corrected chi connectivity index (χ2v) is 4.77. The first-order valence-electron chi connectivity index (χ1n) is 6.58. The molecule has 0 aliphatic rings. The zero-order valence-electron chi connectivity index (χ0n) is 12.5. The summed E-state index contributed by atoms with van der Waals surface area (Å²) in [6.45, 7) is 7.62. The number of hydrogen-bond acceptors (Lipinski definition) is 6. The Morgan fingerprint density at radius 3 is 2.67 bits per heavy atom. The third-order valence-electron chi connectivity index (χ3n) is 2.73. The lowest BCUT2D eigenvalue weighted by atomic mass is 10.1. The zero-order valence-corrected chi connectivity index (χ0v) is 13.3. The van der Waals surface area contributed by atoms with Gasteiger partial charge >= 0.3 is 0 Å². The van der Waals surface area contributed by atoms with Crippen molar-refractivity contribution < 1.29 is 14.9 Å². The molecule has 0 bridgehead atoms. The Bertz CT molecular complexity index is 599. The van der Waals surface area contributed by atoms with Crippen LogP contribution in [0, 0.1) is 13.8 Å². The number of aromatic nitrogens is 2. The van der Waals surface area contributed by atoms with Gasteiger partial charge in [0.1, 0.15) is 11.5 Å². The maximum atomic E-state index is 12.1. The van der Waals surface area contributed by atoms with Crippen LogP contribution >= 0.6 is 11.5 Å². The van der Waals surface area contributed by atoms with Gasteiger partial charge in [0.2, 0.25) is 0 Å². The van der Waals surface area contributed by atoms with Gasteiger partial charge in [0.05, 0.1) is 5.69 Å². The topological polar surface area (TPSA) is 84.3 Å².